The number of rotatable bonds is 3. The molecule has 3 heterocycles. The number of hydrogen-bond donors (Lipinski definition) is 1. The smallest absolute Gasteiger partial charge is 0.353 e. The Labute approximate surface area is 157 Å². The Bertz CT molecular complexity index is 1000. The largest absolute Gasteiger partial charge is 0.416 e. The van der Waals surface area contributed by atoms with Crippen LogP contribution in [-0.4, -0.2) is 40.7 Å². The molecule has 1 saturated heterocycles. The lowest BCUT2D eigenvalue weighted by molar-refractivity contribution is -0.137. The van der Waals surface area contributed by atoms with Gasteiger partial charge in [-0.05, 0) is 24.3 Å². The number of carbonyl (C=O) groups excluding carboxylic acids is 1. The first-order valence-corrected chi connectivity index (χ1v) is 8.39. The first-order valence-electron chi connectivity index (χ1n) is 8.39. The van der Waals surface area contributed by atoms with Crippen molar-refractivity contribution in [2.75, 3.05) is 24.5 Å². The number of alkyl halides is 3. The zero-order valence-corrected chi connectivity index (χ0v) is 14.4. The lowest BCUT2D eigenvalue weighted by Crippen LogP contribution is -2.48. The average molecular weight is 389 g/mol. The molecule has 1 aromatic carbocycles. The van der Waals surface area contributed by atoms with E-state index in [2.05, 4.69) is 20.4 Å². The van der Waals surface area contributed by atoms with Crippen LogP contribution in [0, 0.1) is 0 Å². The van der Waals surface area contributed by atoms with E-state index in [1.807, 2.05) is 4.90 Å². The van der Waals surface area contributed by atoms with Crippen molar-refractivity contribution >= 4 is 11.7 Å². The van der Waals surface area contributed by atoms with Crippen molar-refractivity contribution < 1.29 is 22.5 Å². The maximum absolute atomic E-state index is 12.9. The predicted octanol–water partition coefficient (Wildman–Crippen LogP) is 2.75. The van der Waals surface area contributed by atoms with Crippen LogP contribution >= 0.6 is 0 Å². The first kappa shape index (κ1) is 18.0. The fourth-order valence-electron chi connectivity index (χ4n) is 2.83. The molecule has 0 atom stereocenters. The summed E-state index contributed by atoms with van der Waals surface area (Å²) in [5, 5.41) is 6.50. The van der Waals surface area contributed by atoms with Crippen molar-refractivity contribution in [3.05, 3.63) is 48.2 Å². The number of anilines is 1. The highest BCUT2D eigenvalue weighted by molar-refractivity contribution is 5.82. The zero-order valence-electron chi connectivity index (χ0n) is 14.4. The van der Waals surface area contributed by atoms with Gasteiger partial charge in [-0.1, -0.05) is 17.3 Å². The van der Waals surface area contributed by atoms with Crippen LogP contribution in [0.1, 0.15) is 5.56 Å². The third-order valence-corrected chi connectivity index (χ3v) is 4.23. The van der Waals surface area contributed by atoms with Gasteiger partial charge in [0.25, 0.3) is 5.89 Å². The second-order valence-corrected chi connectivity index (χ2v) is 6.18. The molecule has 1 fully saturated rings. The summed E-state index contributed by atoms with van der Waals surface area (Å²) >= 11 is 0. The maximum Gasteiger partial charge on any atom is 0.416 e. The molecule has 0 bridgehead atoms. The third-order valence-electron chi connectivity index (χ3n) is 4.23. The van der Waals surface area contributed by atoms with E-state index in [1.54, 1.807) is 12.1 Å². The van der Waals surface area contributed by atoms with E-state index in [0.717, 1.165) is 12.1 Å². The van der Waals surface area contributed by atoms with Gasteiger partial charge in [-0.15, -0.1) is 0 Å². The minimum Gasteiger partial charge on any atom is -0.353 e. The molecule has 2 aromatic heterocycles. The van der Waals surface area contributed by atoms with E-state index in [1.165, 1.54) is 18.3 Å². The number of halogens is 3. The zero-order chi connectivity index (χ0) is 19.7. The van der Waals surface area contributed by atoms with Crippen LogP contribution in [0.5, 0.6) is 0 Å². The van der Waals surface area contributed by atoms with Gasteiger partial charge in [0.1, 0.15) is 5.82 Å². The second kappa shape index (κ2) is 6.95. The minimum atomic E-state index is -4.45. The molecule has 0 radical (unpaired) electrons. The van der Waals surface area contributed by atoms with Crippen LogP contribution in [0.2, 0.25) is 0 Å². The van der Waals surface area contributed by atoms with Crippen molar-refractivity contribution in [2.24, 2.45) is 0 Å². The molecule has 28 heavy (non-hydrogen) atoms. The van der Waals surface area contributed by atoms with Crippen molar-refractivity contribution in [3.8, 4) is 22.8 Å². The van der Waals surface area contributed by atoms with E-state index in [0.29, 0.717) is 24.5 Å². The van der Waals surface area contributed by atoms with Crippen LogP contribution in [0.4, 0.5) is 19.0 Å². The Morgan fingerprint density at radius 2 is 2.00 bits per heavy atom. The molecule has 1 aliphatic rings. The highest BCUT2D eigenvalue weighted by Gasteiger charge is 2.30. The number of benzene rings is 1. The topological polar surface area (TPSA) is 84.2 Å². The highest BCUT2D eigenvalue weighted by atomic mass is 19.4. The summed E-state index contributed by atoms with van der Waals surface area (Å²) in [7, 11) is 0. The standard InChI is InChI=1S/C18H14F3N5O2/c19-18(20,21)13-3-1-2-11(8-13)16-24-17(28-25-16)12-4-5-14(23-9-12)26-7-6-22-15(27)10-26/h1-5,8-9H,6-7,10H2,(H,22,27). The van der Waals surface area contributed by atoms with Gasteiger partial charge in [-0.3, -0.25) is 4.79 Å². The van der Waals surface area contributed by atoms with Gasteiger partial charge in [0.2, 0.25) is 11.7 Å². The quantitative estimate of drug-likeness (QED) is 0.742. The molecule has 10 heteroatoms. The minimum absolute atomic E-state index is 0.0536. The Kier molecular flexibility index (Phi) is 4.46. The van der Waals surface area contributed by atoms with Gasteiger partial charge in [-0.25, -0.2) is 4.98 Å². The summed E-state index contributed by atoms with van der Waals surface area (Å²) in [4.78, 5) is 21.8. The molecule has 1 amide bonds. The summed E-state index contributed by atoms with van der Waals surface area (Å²) in [5.41, 5.74) is -0.0578. The molecular formula is C18H14F3N5O2. The molecule has 1 N–H and O–H groups in total. The van der Waals surface area contributed by atoms with Crippen LogP contribution in [0.15, 0.2) is 47.1 Å². The molecule has 0 unspecified atom stereocenters. The molecule has 1 aliphatic heterocycles. The summed E-state index contributed by atoms with van der Waals surface area (Å²) < 4.78 is 43.8. The van der Waals surface area contributed by atoms with Crippen LogP contribution < -0.4 is 10.2 Å². The lowest BCUT2D eigenvalue weighted by Gasteiger charge is -2.27. The fourth-order valence-corrected chi connectivity index (χ4v) is 2.83. The number of hydrogen-bond acceptors (Lipinski definition) is 6. The van der Waals surface area contributed by atoms with Gasteiger partial charge in [0.05, 0.1) is 17.7 Å². The summed E-state index contributed by atoms with van der Waals surface area (Å²) in [5.74, 6) is 0.761. The van der Waals surface area contributed by atoms with Crippen molar-refractivity contribution in [1.82, 2.24) is 20.4 Å². The number of carbonyl (C=O) groups is 1. The summed E-state index contributed by atoms with van der Waals surface area (Å²) in [6.07, 6.45) is -2.93. The molecule has 0 spiro atoms. The predicted molar refractivity (Wildman–Crippen MR) is 93.2 cm³/mol. The van der Waals surface area contributed by atoms with E-state index in [9.17, 15) is 18.0 Å². The average Bonchev–Trinajstić information content (AvgIpc) is 3.18. The molecule has 144 valence electrons. The molecular weight excluding hydrogens is 375 g/mol. The molecule has 0 saturated carbocycles. The van der Waals surface area contributed by atoms with Crippen molar-refractivity contribution in [3.63, 3.8) is 0 Å². The van der Waals surface area contributed by atoms with Gasteiger partial charge in [0.15, 0.2) is 0 Å². The Morgan fingerprint density at radius 1 is 1.14 bits per heavy atom. The van der Waals surface area contributed by atoms with Crippen LogP contribution in [0.25, 0.3) is 22.8 Å². The fraction of sp³-hybridized carbons (Fsp3) is 0.222. The molecule has 3 aromatic rings. The number of aromatic nitrogens is 3. The van der Waals surface area contributed by atoms with Gasteiger partial charge < -0.3 is 14.7 Å². The van der Waals surface area contributed by atoms with Gasteiger partial charge in [0, 0.05) is 24.8 Å². The summed E-state index contributed by atoms with van der Waals surface area (Å²) in [6.45, 7) is 1.43. The monoisotopic (exact) mass is 389 g/mol. The van der Waals surface area contributed by atoms with Crippen molar-refractivity contribution in [2.45, 2.75) is 6.18 Å². The van der Waals surface area contributed by atoms with E-state index >= 15 is 0 Å². The number of amides is 1. The second-order valence-electron chi connectivity index (χ2n) is 6.18. The third kappa shape index (κ3) is 3.66. The Balaban J connectivity index is 1.55. The van der Waals surface area contributed by atoms with Gasteiger partial charge >= 0.3 is 6.18 Å². The van der Waals surface area contributed by atoms with Crippen LogP contribution in [-0.2, 0) is 11.0 Å². The highest BCUT2D eigenvalue weighted by Crippen LogP contribution is 2.32. The molecule has 4 rings (SSSR count). The SMILES string of the molecule is O=C1CN(c2ccc(-c3nc(-c4cccc(C(F)(F)F)c4)no3)cn2)CCN1. The Hall–Kier alpha value is -3.43. The van der Waals surface area contributed by atoms with Gasteiger partial charge in [-0.2, -0.15) is 18.2 Å². The van der Waals surface area contributed by atoms with Crippen molar-refractivity contribution in [1.29, 1.82) is 0 Å². The Morgan fingerprint density at radius 3 is 2.71 bits per heavy atom. The van der Waals surface area contributed by atoms with E-state index in [4.69, 9.17) is 4.52 Å². The number of nitrogens with zero attached hydrogens (tertiary/aromatic N) is 4. The normalized spacial score (nSPS) is 14.8. The first-order chi connectivity index (χ1) is 13.4. The number of pyridine rings is 1. The molecule has 7 nitrogen and oxygen atoms in total. The van der Waals surface area contributed by atoms with E-state index in [-0.39, 0.29) is 29.7 Å². The van der Waals surface area contributed by atoms with E-state index < -0.39 is 11.7 Å². The number of nitrogens with one attached hydrogen (secondary N) is 1. The lowest BCUT2D eigenvalue weighted by atomic mass is 10.1. The molecule has 0 aliphatic carbocycles. The number of piperazine rings is 1. The summed E-state index contributed by atoms with van der Waals surface area (Å²) in [6, 6.07) is 8.15. The maximum atomic E-state index is 12.9. The van der Waals surface area contributed by atoms with Crippen LogP contribution in [0.3, 0.4) is 0 Å².